The van der Waals surface area contributed by atoms with Crippen LogP contribution in [0.15, 0.2) is 11.8 Å². The van der Waals surface area contributed by atoms with Gasteiger partial charge in [0.1, 0.15) is 0 Å². The molecule has 15 heavy (non-hydrogen) atoms. The van der Waals surface area contributed by atoms with Crippen molar-refractivity contribution in [3.05, 3.63) is 11.8 Å². The number of hydrogen-bond donors (Lipinski definition) is 1. The van der Waals surface area contributed by atoms with Crippen LogP contribution in [0.4, 0.5) is 0 Å². The Kier molecular flexibility index (Phi) is 5.82. The van der Waals surface area contributed by atoms with Gasteiger partial charge < -0.3 is 5.11 Å². The number of rotatable bonds is 6. The van der Waals surface area contributed by atoms with Crippen LogP contribution in [-0.2, 0) is 0 Å². The molecule has 0 saturated heterocycles. The lowest BCUT2D eigenvalue weighted by Gasteiger charge is -2.27. The van der Waals surface area contributed by atoms with Gasteiger partial charge in [-0.3, -0.25) is 0 Å². The zero-order valence-electron chi connectivity index (χ0n) is 11.3. The molecule has 2 heteroatoms. The van der Waals surface area contributed by atoms with Gasteiger partial charge in [-0.05, 0) is 20.3 Å². The standard InChI is InChI=1S/C13H28OSi/c1-7-8-9-12(13(2,3)14)10-11-15(4,5)6/h10-12,14H,7-9H2,1-6H3/b11-10-. The van der Waals surface area contributed by atoms with Crippen molar-refractivity contribution in [2.45, 2.75) is 65.3 Å². The molecule has 90 valence electrons. The maximum absolute atomic E-state index is 10.1. The Morgan fingerprint density at radius 2 is 1.80 bits per heavy atom. The lowest BCUT2D eigenvalue weighted by atomic mass is 9.87. The molecule has 0 aromatic carbocycles. The smallest absolute Gasteiger partial charge is 0.0683 e. The van der Waals surface area contributed by atoms with Crippen molar-refractivity contribution in [1.29, 1.82) is 0 Å². The van der Waals surface area contributed by atoms with Crippen LogP contribution >= 0.6 is 0 Å². The highest BCUT2D eigenvalue weighted by Crippen LogP contribution is 2.24. The second-order valence-corrected chi connectivity index (χ2v) is 11.2. The fourth-order valence-corrected chi connectivity index (χ4v) is 2.32. The maximum atomic E-state index is 10.1. The highest BCUT2D eigenvalue weighted by atomic mass is 28.3. The van der Waals surface area contributed by atoms with E-state index in [9.17, 15) is 5.11 Å². The monoisotopic (exact) mass is 228 g/mol. The van der Waals surface area contributed by atoms with Crippen molar-refractivity contribution in [2.24, 2.45) is 5.92 Å². The van der Waals surface area contributed by atoms with Crippen LogP contribution in [0.1, 0.15) is 40.0 Å². The van der Waals surface area contributed by atoms with Crippen molar-refractivity contribution < 1.29 is 5.11 Å². The molecule has 0 fully saturated rings. The van der Waals surface area contributed by atoms with E-state index in [2.05, 4.69) is 38.3 Å². The molecule has 0 radical (unpaired) electrons. The van der Waals surface area contributed by atoms with Gasteiger partial charge in [0.15, 0.2) is 0 Å². The third kappa shape index (κ3) is 7.80. The second kappa shape index (κ2) is 5.85. The molecule has 0 aliphatic carbocycles. The molecule has 0 heterocycles. The molecule has 0 spiro atoms. The van der Waals surface area contributed by atoms with Gasteiger partial charge in [0.05, 0.1) is 13.7 Å². The molecule has 0 aliphatic heterocycles. The van der Waals surface area contributed by atoms with Gasteiger partial charge in [0.2, 0.25) is 0 Å². The summed E-state index contributed by atoms with van der Waals surface area (Å²) in [5.41, 5.74) is 1.77. The number of hydrogen-bond acceptors (Lipinski definition) is 1. The predicted molar refractivity (Wildman–Crippen MR) is 71.8 cm³/mol. The summed E-state index contributed by atoms with van der Waals surface area (Å²) in [6.45, 7) is 13.0. The molecule has 1 N–H and O–H groups in total. The highest BCUT2D eigenvalue weighted by Gasteiger charge is 2.24. The largest absolute Gasteiger partial charge is 0.390 e. The Hall–Kier alpha value is -0.0831. The van der Waals surface area contributed by atoms with Crippen LogP contribution in [0.2, 0.25) is 19.6 Å². The number of aliphatic hydroxyl groups is 1. The second-order valence-electron chi connectivity index (χ2n) is 6.13. The van der Waals surface area contributed by atoms with Crippen molar-refractivity contribution in [3.8, 4) is 0 Å². The minimum Gasteiger partial charge on any atom is -0.390 e. The molecular weight excluding hydrogens is 200 g/mol. The van der Waals surface area contributed by atoms with Crippen LogP contribution in [0, 0.1) is 5.92 Å². The fourth-order valence-electron chi connectivity index (χ4n) is 1.51. The van der Waals surface area contributed by atoms with E-state index < -0.39 is 13.7 Å². The van der Waals surface area contributed by atoms with E-state index in [0.29, 0.717) is 5.92 Å². The van der Waals surface area contributed by atoms with Gasteiger partial charge in [-0.15, -0.1) is 0 Å². The van der Waals surface area contributed by atoms with E-state index in [1.807, 2.05) is 13.8 Å². The highest BCUT2D eigenvalue weighted by molar-refractivity contribution is 6.80. The predicted octanol–water partition coefficient (Wildman–Crippen LogP) is 4.00. The molecule has 1 unspecified atom stereocenters. The summed E-state index contributed by atoms with van der Waals surface area (Å²) in [5, 5.41) is 10.1. The summed E-state index contributed by atoms with van der Waals surface area (Å²) < 4.78 is 0. The van der Waals surface area contributed by atoms with Gasteiger partial charge in [-0.1, -0.05) is 51.2 Å². The van der Waals surface area contributed by atoms with E-state index in [0.717, 1.165) is 6.42 Å². The third-order valence-electron chi connectivity index (χ3n) is 2.60. The van der Waals surface area contributed by atoms with E-state index in [1.165, 1.54) is 12.8 Å². The molecule has 0 rings (SSSR count). The average molecular weight is 228 g/mol. The van der Waals surface area contributed by atoms with Crippen molar-refractivity contribution in [1.82, 2.24) is 0 Å². The normalized spacial score (nSPS) is 15.9. The van der Waals surface area contributed by atoms with E-state index in [-0.39, 0.29) is 0 Å². The maximum Gasteiger partial charge on any atom is 0.0683 e. The van der Waals surface area contributed by atoms with Crippen LogP contribution in [-0.4, -0.2) is 18.8 Å². The lowest BCUT2D eigenvalue weighted by molar-refractivity contribution is 0.0329. The van der Waals surface area contributed by atoms with Gasteiger partial charge in [0.25, 0.3) is 0 Å². The zero-order chi connectivity index (χ0) is 12.1. The first-order valence-electron chi connectivity index (χ1n) is 6.08. The first-order valence-corrected chi connectivity index (χ1v) is 9.66. The summed E-state index contributed by atoms with van der Waals surface area (Å²) in [6.07, 6.45) is 5.75. The van der Waals surface area contributed by atoms with Gasteiger partial charge in [-0.25, -0.2) is 0 Å². The molecule has 0 aliphatic rings. The van der Waals surface area contributed by atoms with Crippen LogP contribution in [0.5, 0.6) is 0 Å². The first-order chi connectivity index (χ1) is 6.67. The minimum atomic E-state index is -1.13. The quantitative estimate of drug-likeness (QED) is 0.681. The Morgan fingerprint density at radius 3 is 2.13 bits per heavy atom. The molecule has 0 aromatic heterocycles. The molecule has 1 nitrogen and oxygen atoms in total. The number of unbranched alkanes of at least 4 members (excludes halogenated alkanes) is 1. The average Bonchev–Trinajstić information content (AvgIpc) is 1.99. The fraction of sp³-hybridized carbons (Fsp3) is 0.846. The summed E-state index contributed by atoms with van der Waals surface area (Å²) in [7, 11) is -1.13. The van der Waals surface area contributed by atoms with E-state index in [4.69, 9.17) is 0 Å². The van der Waals surface area contributed by atoms with E-state index >= 15 is 0 Å². The van der Waals surface area contributed by atoms with Crippen LogP contribution in [0.3, 0.4) is 0 Å². The molecular formula is C13H28OSi. The molecule has 1 atom stereocenters. The van der Waals surface area contributed by atoms with Crippen LogP contribution in [0.25, 0.3) is 0 Å². The zero-order valence-corrected chi connectivity index (χ0v) is 12.3. The molecule has 0 aromatic rings. The summed E-state index contributed by atoms with van der Waals surface area (Å²) in [5.74, 6) is 0.309. The summed E-state index contributed by atoms with van der Waals surface area (Å²) in [4.78, 5) is 0. The first kappa shape index (κ1) is 14.9. The third-order valence-corrected chi connectivity index (χ3v) is 3.80. The Labute approximate surface area is 96.6 Å². The summed E-state index contributed by atoms with van der Waals surface area (Å²) >= 11 is 0. The lowest BCUT2D eigenvalue weighted by Crippen LogP contribution is -2.30. The summed E-state index contributed by atoms with van der Waals surface area (Å²) in [6, 6.07) is 0. The Morgan fingerprint density at radius 1 is 1.27 bits per heavy atom. The van der Waals surface area contributed by atoms with Crippen molar-refractivity contribution >= 4 is 8.07 Å². The Balaban J connectivity index is 4.45. The Bertz CT molecular complexity index is 196. The van der Waals surface area contributed by atoms with E-state index in [1.54, 1.807) is 0 Å². The SMILES string of the molecule is CCCCC(/C=C\[Si](C)(C)C)C(C)(C)O. The minimum absolute atomic E-state index is 0.309. The van der Waals surface area contributed by atoms with Gasteiger partial charge in [-0.2, -0.15) is 0 Å². The molecule has 0 bridgehead atoms. The topological polar surface area (TPSA) is 20.2 Å². The molecule has 0 amide bonds. The van der Waals surface area contributed by atoms with Gasteiger partial charge in [0, 0.05) is 5.92 Å². The molecule has 0 saturated carbocycles. The van der Waals surface area contributed by atoms with Crippen molar-refractivity contribution in [2.75, 3.05) is 0 Å². The van der Waals surface area contributed by atoms with Crippen LogP contribution < -0.4 is 0 Å². The van der Waals surface area contributed by atoms with Crippen molar-refractivity contribution in [3.63, 3.8) is 0 Å². The van der Waals surface area contributed by atoms with Gasteiger partial charge >= 0.3 is 0 Å².